The number of carbonyl (C=O) groups is 1. The average molecular weight is 387 g/mol. The maximum absolute atomic E-state index is 12.7. The number of esters is 1. The summed E-state index contributed by atoms with van der Waals surface area (Å²) in [6.45, 7) is 1.84. The zero-order valence-electron chi connectivity index (χ0n) is 14.6. The number of aryl methyl sites for hydroxylation is 1. The third-order valence-electron chi connectivity index (χ3n) is 3.73. The second kappa shape index (κ2) is 7.12. The molecule has 2 N–H and O–H groups in total. The van der Waals surface area contributed by atoms with E-state index < -0.39 is 16.0 Å². The van der Waals surface area contributed by atoms with Crippen LogP contribution in [0.4, 0.5) is 5.82 Å². The molecule has 0 spiro atoms. The van der Waals surface area contributed by atoms with Crippen molar-refractivity contribution in [1.29, 1.82) is 0 Å². The number of nitrogens with two attached hydrogens (primary N) is 1. The summed E-state index contributed by atoms with van der Waals surface area (Å²) in [5.41, 5.74) is 6.90. The van der Waals surface area contributed by atoms with Crippen molar-refractivity contribution in [2.45, 2.75) is 11.8 Å². The summed E-state index contributed by atoms with van der Waals surface area (Å²) in [6.07, 6.45) is 0. The number of aromatic nitrogens is 2. The topological polar surface area (TPSA) is 114 Å². The molecule has 9 heteroatoms. The largest absolute Gasteiger partial charge is 0.497 e. The number of methoxy groups -OCH3 is 1. The Bertz CT molecular complexity index is 1090. The van der Waals surface area contributed by atoms with Crippen LogP contribution >= 0.6 is 0 Å². The van der Waals surface area contributed by atoms with E-state index in [2.05, 4.69) is 5.10 Å². The molecule has 1 heterocycles. The van der Waals surface area contributed by atoms with E-state index in [1.165, 1.54) is 37.4 Å². The number of nitrogens with zero attached hydrogens (tertiary/aromatic N) is 2. The van der Waals surface area contributed by atoms with Crippen LogP contribution in [0.15, 0.2) is 59.5 Å². The molecule has 0 saturated heterocycles. The lowest BCUT2D eigenvalue weighted by molar-refractivity contribution is 0.0726. The van der Waals surface area contributed by atoms with Crippen molar-refractivity contribution >= 4 is 21.8 Å². The number of hydrogen-bond acceptors (Lipinski definition) is 7. The van der Waals surface area contributed by atoms with E-state index in [4.69, 9.17) is 15.2 Å². The molecule has 0 radical (unpaired) electrons. The highest BCUT2D eigenvalue weighted by Gasteiger charge is 2.23. The van der Waals surface area contributed by atoms with Crippen molar-refractivity contribution in [2.24, 2.45) is 0 Å². The third-order valence-corrected chi connectivity index (χ3v) is 5.35. The van der Waals surface area contributed by atoms with Gasteiger partial charge in [0.2, 0.25) is 5.88 Å². The normalized spacial score (nSPS) is 11.2. The Kier molecular flexibility index (Phi) is 4.87. The Morgan fingerprint density at radius 1 is 1.11 bits per heavy atom. The van der Waals surface area contributed by atoms with Crippen LogP contribution in [-0.4, -0.2) is 30.7 Å². The zero-order valence-corrected chi connectivity index (χ0v) is 15.4. The van der Waals surface area contributed by atoms with Crippen molar-refractivity contribution in [1.82, 2.24) is 9.19 Å². The Hall–Kier alpha value is -3.33. The molecule has 0 aliphatic carbocycles. The van der Waals surface area contributed by atoms with Gasteiger partial charge < -0.3 is 15.2 Å². The van der Waals surface area contributed by atoms with E-state index in [0.29, 0.717) is 9.84 Å². The second-order valence-corrected chi connectivity index (χ2v) is 7.46. The third kappa shape index (κ3) is 3.77. The first kappa shape index (κ1) is 18.5. The minimum atomic E-state index is -4.01. The van der Waals surface area contributed by atoms with Crippen molar-refractivity contribution in [2.75, 3.05) is 12.8 Å². The summed E-state index contributed by atoms with van der Waals surface area (Å²) >= 11 is 0. The lowest BCUT2D eigenvalue weighted by Crippen LogP contribution is -2.17. The number of benzene rings is 2. The maximum Gasteiger partial charge on any atom is 0.345 e. The van der Waals surface area contributed by atoms with E-state index in [-0.39, 0.29) is 22.2 Å². The van der Waals surface area contributed by atoms with Crippen LogP contribution in [-0.2, 0) is 10.0 Å². The summed E-state index contributed by atoms with van der Waals surface area (Å²) in [5, 5.41) is 3.82. The molecule has 140 valence electrons. The highest BCUT2D eigenvalue weighted by atomic mass is 32.2. The van der Waals surface area contributed by atoms with E-state index in [0.717, 1.165) is 5.56 Å². The number of ether oxygens (including phenoxy) is 2. The van der Waals surface area contributed by atoms with Gasteiger partial charge in [0, 0.05) is 6.07 Å². The first-order valence-electron chi connectivity index (χ1n) is 7.85. The summed E-state index contributed by atoms with van der Waals surface area (Å²) in [6, 6.07) is 13.7. The number of anilines is 1. The van der Waals surface area contributed by atoms with Crippen LogP contribution in [0.5, 0.6) is 11.6 Å². The van der Waals surface area contributed by atoms with Gasteiger partial charge in [-0.05, 0) is 37.3 Å². The number of nitrogen functional groups attached to an aromatic ring is 1. The van der Waals surface area contributed by atoms with E-state index in [9.17, 15) is 13.2 Å². The molecule has 1 aromatic heterocycles. The monoisotopic (exact) mass is 387 g/mol. The van der Waals surface area contributed by atoms with Crippen LogP contribution < -0.4 is 15.2 Å². The molecule has 0 atom stereocenters. The Morgan fingerprint density at radius 3 is 2.48 bits per heavy atom. The predicted molar refractivity (Wildman–Crippen MR) is 98.4 cm³/mol. The van der Waals surface area contributed by atoms with Gasteiger partial charge in [-0.25, -0.2) is 4.79 Å². The fourth-order valence-corrected chi connectivity index (χ4v) is 3.51. The van der Waals surface area contributed by atoms with Crippen LogP contribution in [0.25, 0.3) is 0 Å². The van der Waals surface area contributed by atoms with Gasteiger partial charge in [-0.1, -0.05) is 23.8 Å². The number of rotatable bonds is 5. The molecule has 0 aliphatic heterocycles. The molecule has 0 aliphatic rings. The van der Waals surface area contributed by atoms with Crippen molar-refractivity contribution < 1.29 is 22.7 Å². The summed E-state index contributed by atoms with van der Waals surface area (Å²) in [7, 11) is -2.53. The fraction of sp³-hybridized carbons (Fsp3) is 0.111. The Balaban J connectivity index is 1.88. The molecule has 0 unspecified atom stereocenters. The van der Waals surface area contributed by atoms with E-state index >= 15 is 0 Å². The predicted octanol–water partition coefficient (Wildman–Crippen LogP) is 2.24. The molecular weight excluding hydrogens is 370 g/mol. The van der Waals surface area contributed by atoms with E-state index in [1.807, 2.05) is 6.92 Å². The minimum Gasteiger partial charge on any atom is -0.497 e. The second-order valence-electron chi connectivity index (χ2n) is 5.69. The quantitative estimate of drug-likeness (QED) is 0.668. The minimum absolute atomic E-state index is 0.0218. The molecule has 0 amide bonds. The summed E-state index contributed by atoms with van der Waals surface area (Å²) in [4.78, 5) is 12.3. The summed E-state index contributed by atoms with van der Waals surface area (Å²) in [5.74, 6) is -0.636. The van der Waals surface area contributed by atoms with Crippen LogP contribution in [0.1, 0.15) is 15.9 Å². The average Bonchev–Trinajstić information content (AvgIpc) is 3.03. The molecular formula is C18H17N3O5S. The first-order chi connectivity index (χ1) is 12.8. The van der Waals surface area contributed by atoms with Crippen molar-refractivity contribution in [3.8, 4) is 11.6 Å². The smallest absolute Gasteiger partial charge is 0.345 e. The molecule has 8 nitrogen and oxygen atoms in total. The standard InChI is InChI=1S/C18H17N3O5S/c1-12-6-8-15(9-7-12)27(23,24)21-16(19)11-17(20-21)26-18(22)13-4-3-5-14(10-13)25-2/h3-11H,19H2,1-2H3. The van der Waals surface area contributed by atoms with Crippen LogP contribution in [0.3, 0.4) is 0 Å². The first-order valence-corrected chi connectivity index (χ1v) is 9.29. The van der Waals surface area contributed by atoms with Gasteiger partial charge in [0.25, 0.3) is 10.0 Å². The molecule has 0 saturated carbocycles. The summed E-state index contributed by atoms with van der Waals surface area (Å²) < 4.78 is 36.2. The molecule has 0 bridgehead atoms. The number of carbonyl (C=O) groups excluding carboxylic acids is 1. The fourth-order valence-electron chi connectivity index (χ4n) is 2.31. The van der Waals surface area contributed by atoms with Crippen molar-refractivity contribution in [3.05, 3.63) is 65.7 Å². The van der Waals surface area contributed by atoms with Gasteiger partial charge in [0.1, 0.15) is 11.6 Å². The van der Waals surface area contributed by atoms with Gasteiger partial charge in [0.05, 0.1) is 17.6 Å². The molecule has 27 heavy (non-hydrogen) atoms. The van der Waals surface area contributed by atoms with Crippen LogP contribution in [0.2, 0.25) is 0 Å². The van der Waals surface area contributed by atoms with Gasteiger partial charge in [0.15, 0.2) is 0 Å². The van der Waals surface area contributed by atoms with E-state index in [1.54, 1.807) is 24.3 Å². The lowest BCUT2D eigenvalue weighted by Gasteiger charge is -2.06. The van der Waals surface area contributed by atoms with Gasteiger partial charge in [-0.3, -0.25) is 0 Å². The van der Waals surface area contributed by atoms with Gasteiger partial charge >= 0.3 is 5.97 Å². The highest BCUT2D eigenvalue weighted by molar-refractivity contribution is 7.90. The zero-order chi connectivity index (χ0) is 19.6. The Labute approximate surface area is 156 Å². The number of hydrogen-bond donors (Lipinski definition) is 1. The van der Waals surface area contributed by atoms with Crippen molar-refractivity contribution in [3.63, 3.8) is 0 Å². The SMILES string of the molecule is COc1cccc(C(=O)Oc2cc(N)n(S(=O)(=O)c3ccc(C)cc3)n2)c1. The van der Waals surface area contributed by atoms with Gasteiger partial charge in [-0.2, -0.15) is 8.42 Å². The Morgan fingerprint density at radius 2 is 1.81 bits per heavy atom. The molecule has 2 aromatic carbocycles. The van der Waals surface area contributed by atoms with Gasteiger partial charge in [-0.15, -0.1) is 9.19 Å². The lowest BCUT2D eigenvalue weighted by atomic mass is 10.2. The van der Waals surface area contributed by atoms with Crippen LogP contribution in [0, 0.1) is 6.92 Å². The maximum atomic E-state index is 12.7. The molecule has 3 aromatic rings. The highest BCUT2D eigenvalue weighted by Crippen LogP contribution is 2.22. The molecule has 3 rings (SSSR count). The molecule has 0 fully saturated rings.